The molecule has 0 saturated carbocycles. The summed E-state index contributed by atoms with van der Waals surface area (Å²) < 4.78 is 38.3. The highest BCUT2D eigenvalue weighted by molar-refractivity contribution is 5.89. The number of hydrogen-bond donors (Lipinski definition) is 2. The molecule has 0 atom stereocenters. The summed E-state index contributed by atoms with van der Waals surface area (Å²) in [6, 6.07) is 10.8. The molecule has 0 fully saturated rings. The van der Waals surface area contributed by atoms with Crippen molar-refractivity contribution in [3.05, 3.63) is 59.7 Å². The Labute approximate surface area is 155 Å². The molecule has 6 nitrogen and oxygen atoms in total. The highest BCUT2D eigenvalue weighted by atomic mass is 19.1. The number of carbonyl (C=O) groups is 2. The van der Waals surface area contributed by atoms with Gasteiger partial charge in [-0.1, -0.05) is 30.3 Å². The van der Waals surface area contributed by atoms with Gasteiger partial charge in [-0.3, -0.25) is 10.6 Å². The summed E-state index contributed by atoms with van der Waals surface area (Å²) in [6.07, 6.45) is -1.95. The maximum Gasteiger partial charge on any atom is 0.412 e. The van der Waals surface area contributed by atoms with Gasteiger partial charge in [-0.2, -0.15) is 0 Å². The summed E-state index contributed by atoms with van der Waals surface area (Å²) in [5.74, 6) is -2.17. The Hall–Kier alpha value is -3.16. The maximum atomic E-state index is 14.5. The molecule has 2 rings (SSSR count). The molecule has 2 aromatic carbocycles. The van der Waals surface area contributed by atoms with Crippen LogP contribution in [0.15, 0.2) is 42.5 Å². The van der Waals surface area contributed by atoms with E-state index in [1.807, 2.05) is 11.4 Å². The third-order valence-corrected chi connectivity index (χ3v) is 3.17. The van der Waals surface area contributed by atoms with Crippen LogP contribution >= 0.6 is 0 Å². The van der Waals surface area contributed by atoms with E-state index in [0.717, 1.165) is 17.7 Å². The zero-order valence-corrected chi connectivity index (χ0v) is 15.1. The van der Waals surface area contributed by atoms with Crippen molar-refractivity contribution >= 4 is 23.6 Å². The molecule has 0 bridgehead atoms. The lowest BCUT2D eigenvalue weighted by Crippen LogP contribution is -2.28. The molecule has 8 heteroatoms. The molecule has 0 heterocycles. The Bertz CT molecular complexity index is 820. The van der Waals surface area contributed by atoms with E-state index in [1.54, 1.807) is 45.0 Å². The molecule has 0 aliphatic carbocycles. The van der Waals surface area contributed by atoms with Crippen LogP contribution < -0.4 is 10.6 Å². The van der Waals surface area contributed by atoms with Crippen LogP contribution in [0.4, 0.5) is 29.7 Å². The average molecular weight is 378 g/mol. The first-order valence-corrected chi connectivity index (χ1v) is 8.11. The molecular formula is C19H20F2N2O4. The number of benzene rings is 2. The summed E-state index contributed by atoms with van der Waals surface area (Å²) >= 11 is 0. The molecule has 0 aliphatic rings. The van der Waals surface area contributed by atoms with Crippen molar-refractivity contribution in [3.8, 4) is 0 Å². The second kappa shape index (κ2) is 8.48. The molecule has 0 saturated heterocycles. The molecule has 0 aliphatic heterocycles. The maximum absolute atomic E-state index is 14.5. The smallest absolute Gasteiger partial charge is 0.412 e. The predicted octanol–water partition coefficient (Wildman–Crippen LogP) is 5.06. The topological polar surface area (TPSA) is 76.7 Å². The lowest BCUT2D eigenvalue weighted by Gasteiger charge is -2.20. The van der Waals surface area contributed by atoms with E-state index in [9.17, 15) is 18.4 Å². The summed E-state index contributed by atoms with van der Waals surface area (Å²) in [5, 5.41) is 4.18. The van der Waals surface area contributed by atoms with Gasteiger partial charge in [0.05, 0.1) is 5.69 Å². The fourth-order valence-electron chi connectivity index (χ4n) is 2.04. The number of ether oxygens (including phenoxy) is 2. The van der Waals surface area contributed by atoms with E-state index >= 15 is 0 Å². The first-order chi connectivity index (χ1) is 12.7. The van der Waals surface area contributed by atoms with Crippen LogP contribution in [0.2, 0.25) is 0 Å². The number of hydrogen-bond acceptors (Lipinski definition) is 4. The van der Waals surface area contributed by atoms with Crippen molar-refractivity contribution in [1.82, 2.24) is 0 Å². The van der Waals surface area contributed by atoms with Crippen LogP contribution in [0.5, 0.6) is 0 Å². The molecule has 144 valence electrons. The molecule has 0 radical (unpaired) electrons. The molecule has 2 N–H and O–H groups in total. The van der Waals surface area contributed by atoms with E-state index in [-0.39, 0.29) is 12.3 Å². The van der Waals surface area contributed by atoms with Crippen LogP contribution in [0.3, 0.4) is 0 Å². The summed E-state index contributed by atoms with van der Waals surface area (Å²) in [5.41, 5.74) is -1.17. The number of nitrogens with one attached hydrogen (secondary N) is 2. The van der Waals surface area contributed by atoms with Crippen molar-refractivity contribution in [2.75, 3.05) is 10.6 Å². The minimum atomic E-state index is -1.16. The van der Waals surface area contributed by atoms with Gasteiger partial charge in [0.15, 0.2) is 5.82 Å². The fourth-order valence-corrected chi connectivity index (χ4v) is 2.04. The summed E-state index contributed by atoms with van der Waals surface area (Å²) in [4.78, 5) is 23.6. The Kier molecular flexibility index (Phi) is 6.33. The lowest BCUT2D eigenvalue weighted by molar-refractivity contribution is 0.0634. The highest BCUT2D eigenvalue weighted by Crippen LogP contribution is 2.26. The van der Waals surface area contributed by atoms with E-state index in [1.165, 1.54) is 0 Å². The Balaban J connectivity index is 2.05. The lowest BCUT2D eigenvalue weighted by atomic mass is 10.2. The molecule has 0 unspecified atom stereocenters. The van der Waals surface area contributed by atoms with Crippen molar-refractivity contribution in [3.63, 3.8) is 0 Å². The minimum Gasteiger partial charge on any atom is -0.444 e. The standard InChI is InChI=1S/C19H20F2N2O4/c1-19(2,3)27-18(25)23-16-13(20)9-10-14(15(16)21)22-17(24)26-11-12-7-5-4-6-8-12/h4-10H,11H2,1-3H3,(H,22,24)(H,23,25). The third kappa shape index (κ3) is 6.25. The van der Waals surface area contributed by atoms with Crippen molar-refractivity contribution in [2.45, 2.75) is 33.0 Å². The molecule has 0 aromatic heterocycles. The number of carbonyl (C=O) groups excluding carboxylic acids is 2. The van der Waals surface area contributed by atoms with Gasteiger partial charge in [-0.15, -0.1) is 0 Å². The van der Waals surface area contributed by atoms with E-state index in [2.05, 4.69) is 5.32 Å². The average Bonchev–Trinajstić information content (AvgIpc) is 2.59. The van der Waals surface area contributed by atoms with Crippen molar-refractivity contribution < 1.29 is 27.8 Å². The van der Waals surface area contributed by atoms with Gasteiger partial charge in [-0.25, -0.2) is 18.4 Å². The monoisotopic (exact) mass is 378 g/mol. The summed E-state index contributed by atoms with van der Waals surface area (Å²) in [7, 11) is 0. The van der Waals surface area contributed by atoms with Gasteiger partial charge in [0.25, 0.3) is 0 Å². The first kappa shape index (κ1) is 20.2. The number of anilines is 2. The minimum absolute atomic E-state index is 0.0154. The van der Waals surface area contributed by atoms with Crippen LogP contribution in [-0.2, 0) is 16.1 Å². The van der Waals surface area contributed by atoms with Crippen molar-refractivity contribution in [2.24, 2.45) is 0 Å². The zero-order valence-electron chi connectivity index (χ0n) is 15.1. The highest BCUT2D eigenvalue weighted by Gasteiger charge is 2.21. The van der Waals surface area contributed by atoms with Crippen LogP contribution in [0.1, 0.15) is 26.3 Å². The van der Waals surface area contributed by atoms with Gasteiger partial charge in [0.1, 0.15) is 23.7 Å². The number of rotatable bonds is 4. The molecule has 27 heavy (non-hydrogen) atoms. The Morgan fingerprint density at radius 2 is 1.63 bits per heavy atom. The van der Waals surface area contributed by atoms with Crippen LogP contribution in [0, 0.1) is 11.6 Å². The Morgan fingerprint density at radius 3 is 2.26 bits per heavy atom. The van der Waals surface area contributed by atoms with Crippen LogP contribution in [-0.4, -0.2) is 17.8 Å². The first-order valence-electron chi connectivity index (χ1n) is 8.11. The van der Waals surface area contributed by atoms with Gasteiger partial charge < -0.3 is 9.47 Å². The largest absolute Gasteiger partial charge is 0.444 e. The third-order valence-electron chi connectivity index (χ3n) is 3.17. The molecular weight excluding hydrogens is 358 g/mol. The SMILES string of the molecule is CC(C)(C)OC(=O)Nc1c(F)ccc(NC(=O)OCc2ccccc2)c1F. The number of amides is 2. The molecule has 0 spiro atoms. The van der Waals surface area contributed by atoms with Crippen molar-refractivity contribution in [1.29, 1.82) is 0 Å². The molecule has 2 aromatic rings. The van der Waals surface area contributed by atoms with E-state index < -0.39 is 35.1 Å². The summed E-state index contributed by atoms with van der Waals surface area (Å²) in [6.45, 7) is 4.82. The van der Waals surface area contributed by atoms with Gasteiger partial charge in [0, 0.05) is 0 Å². The van der Waals surface area contributed by atoms with Gasteiger partial charge >= 0.3 is 12.2 Å². The second-order valence-corrected chi connectivity index (χ2v) is 6.60. The van der Waals surface area contributed by atoms with E-state index in [0.29, 0.717) is 0 Å². The molecule has 2 amide bonds. The second-order valence-electron chi connectivity index (χ2n) is 6.60. The van der Waals surface area contributed by atoms with E-state index in [4.69, 9.17) is 9.47 Å². The normalized spacial score (nSPS) is 10.9. The van der Waals surface area contributed by atoms with Crippen LogP contribution in [0.25, 0.3) is 0 Å². The predicted molar refractivity (Wildman–Crippen MR) is 96.5 cm³/mol. The fraction of sp³-hybridized carbons (Fsp3) is 0.263. The van der Waals surface area contributed by atoms with Gasteiger partial charge in [0.2, 0.25) is 0 Å². The van der Waals surface area contributed by atoms with Gasteiger partial charge in [-0.05, 0) is 38.5 Å². The Morgan fingerprint density at radius 1 is 0.963 bits per heavy atom. The number of halogens is 2. The quantitative estimate of drug-likeness (QED) is 0.780. The zero-order chi connectivity index (χ0) is 20.0.